The van der Waals surface area contributed by atoms with Crippen LogP contribution in [0.25, 0.3) is 0 Å². The van der Waals surface area contributed by atoms with E-state index in [1.807, 2.05) is 6.92 Å². The van der Waals surface area contributed by atoms with E-state index in [-0.39, 0.29) is 22.9 Å². The quantitative estimate of drug-likeness (QED) is 0.738. The highest BCUT2D eigenvalue weighted by molar-refractivity contribution is 6.31. The molecule has 1 amide bonds. The minimum absolute atomic E-state index is 0.0393. The topological polar surface area (TPSA) is 47.6 Å². The molecule has 0 heterocycles. The first-order chi connectivity index (χ1) is 12.3. The standard InChI is InChI=1S/C18H17ClF3NO3/c1-2-25-14-6-3-12(4-7-14)9-17(24)23-15-10-13(19)5-8-16(15)26-11-18(20,21)22/h3-8,10H,2,9,11H2,1H3,(H,23,24). The van der Waals surface area contributed by atoms with Crippen molar-refractivity contribution < 1.29 is 27.4 Å². The molecular formula is C18H17ClF3NO3. The fraction of sp³-hybridized carbons (Fsp3) is 0.278. The Labute approximate surface area is 153 Å². The molecule has 0 bridgehead atoms. The van der Waals surface area contributed by atoms with E-state index in [2.05, 4.69) is 5.32 Å². The number of nitrogens with one attached hydrogen (secondary N) is 1. The largest absolute Gasteiger partial charge is 0.494 e. The van der Waals surface area contributed by atoms with E-state index < -0.39 is 18.7 Å². The van der Waals surface area contributed by atoms with Crippen LogP contribution >= 0.6 is 11.6 Å². The molecule has 140 valence electrons. The highest BCUT2D eigenvalue weighted by atomic mass is 35.5. The molecule has 1 N–H and O–H groups in total. The van der Waals surface area contributed by atoms with E-state index in [9.17, 15) is 18.0 Å². The smallest absolute Gasteiger partial charge is 0.422 e. The number of ether oxygens (including phenoxy) is 2. The molecule has 4 nitrogen and oxygen atoms in total. The maximum absolute atomic E-state index is 12.3. The van der Waals surface area contributed by atoms with Gasteiger partial charge in [0.1, 0.15) is 11.5 Å². The number of carbonyl (C=O) groups excluding carboxylic acids is 1. The summed E-state index contributed by atoms with van der Waals surface area (Å²) in [6, 6.07) is 11.0. The van der Waals surface area contributed by atoms with Crippen LogP contribution in [-0.4, -0.2) is 25.3 Å². The average molecular weight is 388 g/mol. The first-order valence-corrected chi connectivity index (χ1v) is 8.15. The third kappa shape index (κ3) is 6.48. The summed E-state index contributed by atoms with van der Waals surface area (Å²) in [5, 5.41) is 2.79. The summed E-state index contributed by atoms with van der Waals surface area (Å²) in [7, 11) is 0. The number of amides is 1. The summed E-state index contributed by atoms with van der Waals surface area (Å²) in [5.41, 5.74) is 0.809. The first-order valence-electron chi connectivity index (χ1n) is 7.77. The van der Waals surface area contributed by atoms with Crippen LogP contribution in [0, 0.1) is 0 Å². The van der Waals surface area contributed by atoms with Crippen molar-refractivity contribution in [3.8, 4) is 11.5 Å². The lowest BCUT2D eigenvalue weighted by molar-refractivity contribution is -0.153. The van der Waals surface area contributed by atoms with E-state index in [1.54, 1.807) is 24.3 Å². The van der Waals surface area contributed by atoms with Crippen molar-refractivity contribution >= 4 is 23.2 Å². The molecule has 0 aliphatic heterocycles. The van der Waals surface area contributed by atoms with E-state index in [4.69, 9.17) is 21.1 Å². The lowest BCUT2D eigenvalue weighted by atomic mass is 10.1. The zero-order valence-electron chi connectivity index (χ0n) is 13.9. The molecule has 0 saturated heterocycles. The molecular weight excluding hydrogens is 371 g/mol. The number of halogens is 4. The van der Waals surface area contributed by atoms with Gasteiger partial charge in [-0.3, -0.25) is 4.79 Å². The number of hydrogen-bond acceptors (Lipinski definition) is 3. The van der Waals surface area contributed by atoms with Crippen LogP contribution in [0.2, 0.25) is 5.02 Å². The molecule has 0 aromatic heterocycles. The Hall–Kier alpha value is -2.41. The SMILES string of the molecule is CCOc1ccc(CC(=O)Nc2cc(Cl)ccc2OCC(F)(F)F)cc1. The minimum atomic E-state index is -4.48. The number of alkyl halides is 3. The Bertz CT molecular complexity index is 748. The predicted molar refractivity (Wildman–Crippen MR) is 92.9 cm³/mol. The Kier molecular flexibility index (Phi) is 6.74. The van der Waals surface area contributed by atoms with Gasteiger partial charge in [-0.25, -0.2) is 0 Å². The Morgan fingerprint density at radius 2 is 1.81 bits per heavy atom. The Balaban J connectivity index is 2.04. The van der Waals surface area contributed by atoms with E-state index in [0.29, 0.717) is 12.4 Å². The number of benzene rings is 2. The fourth-order valence-electron chi connectivity index (χ4n) is 2.14. The summed E-state index contributed by atoms with van der Waals surface area (Å²) >= 11 is 5.85. The molecule has 26 heavy (non-hydrogen) atoms. The second-order valence-corrected chi connectivity index (χ2v) is 5.78. The van der Waals surface area contributed by atoms with Gasteiger partial charge in [0.15, 0.2) is 6.61 Å². The van der Waals surface area contributed by atoms with Crippen molar-refractivity contribution in [2.45, 2.75) is 19.5 Å². The second-order valence-electron chi connectivity index (χ2n) is 5.35. The number of hydrogen-bond donors (Lipinski definition) is 1. The van der Waals surface area contributed by atoms with Crippen molar-refractivity contribution in [3.63, 3.8) is 0 Å². The van der Waals surface area contributed by atoms with Crippen LogP contribution in [0.15, 0.2) is 42.5 Å². The number of anilines is 1. The van der Waals surface area contributed by atoms with Gasteiger partial charge >= 0.3 is 6.18 Å². The number of carbonyl (C=O) groups is 1. The van der Waals surface area contributed by atoms with E-state index >= 15 is 0 Å². The highest BCUT2D eigenvalue weighted by Gasteiger charge is 2.29. The molecule has 2 aromatic rings. The summed E-state index contributed by atoms with van der Waals surface area (Å²) in [5.74, 6) is 0.175. The molecule has 0 aliphatic rings. The van der Waals surface area contributed by atoms with Crippen molar-refractivity contribution in [1.82, 2.24) is 0 Å². The Morgan fingerprint density at radius 3 is 2.42 bits per heavy atom. The predicted octanol–water partition coefficient (Wildman–Crippen LogP) is 4.86. The van der Waals surface area contributed by atoms with Crippen LogP contribution in [0.1, 0.15) is 12.5 Å². The van der Waals surface area contributed by atoms with E-state index in [1.165, 1.54) is 18.2 Å². The summed E-state index contributed by atoms with van der Waals surface area (Å²) in [4.78, 5) is 12.2. The van der Waals surface area contributed by atoms with Gasteiger partial charge in [0.05, 0.1) is 18.7 Å². The summed E-state index contributed by atoms with van der Waals surface area (Å²) in [6.45, 7) is 0.941. The first kappa shape index (κ1) is 19.9. The van der Waals surface area contributed by atoms with Crippen molar-refractivity contribution in [2.24, 2.45) is 0 Å². The van der Waals surface area contributed by atoms with Gasteiger partial charge in [0.2, 0.25) is 5.91 Å². The van der Waals surface area contributed by atoms with Crippen LogP contribution in [0.4, 0.5) is 18.9 Å². The molecule has 2 aromatic carbocycles. The van der Waals surface area contributed by atoms with Crippen molar-refractivity contribution in [2.75, 3.05) is 18.5 Å². The maximum atomic E-state index is 12.3. The minimum Gasteiger partial charge on any atom is -0.494 e. The molecule has 0 atom stereocenters. The van der Waals surface area contributed by atoms with Gasteiger partial charge in [-0.15, -0.1) is 0 Å². The molecule has 2 rings (SSSR count). The molecule has 0 radical (unpaired) electrons. The van der Waals surface area contributed by atoms with Gasteiger partial charge in [-0.1, -0.05) is 23.7 Å². The third-order valence-electron chi connectivity index (χ3n) is 3.21. The highest BCUT2D eigenvalue weighted by Crippen LogP contribution is 2.30. The van der Waals surface area contributed by atoms with Gasteiger partial charge in [-0.05, 0) is 42.8 Å². The summed E-state index contributed by atoms with van der Waals surface area (Å²) < 4.78 is 47.1. The van der Waals surface area contributed by atoms with Crippen molar-refractivity contribution in [3.05, 3.63) is 53.1 Å². The number of rotatable bonds is 7. The van der Waals surface area contributed by atoms with Crippen LogP contribution in [-0.2, 0) is 11.2 Å². The molecule has 0 unspecified atom stereocenters. The van der Waals surface area contributed by atoms with Gasteiger partial charge in [0, 0.05) is 5.02 Å². The molecule has 0 spiro atoms. The molecule has 0 aliphatic carbocycles. The third-order valence-corrected chi connectivity index (χ3v) is 3.44. The molecule has 8 heteroatoms. The molecule has 0 fully saturated rings. The molecule has 0 saturated carbocycles. The monoisotopic (exact) mass is 387 g/mol. The van der Waals surface area contributed by atoms with Gasteiger partial charge in [0.25, 0.3) is 0 Å². The average Bonchev–Trinajstić information content (AvgIpc) is 2.55. The lowest BCUT2D eigenvalue weighted by Gasteiger charge is -2.14. The second kappa shape index (κ2) is 8.80. The van der Waals surface area contributed by atoms with Crippen LogP contribution < -0.4 is 14.8 Å². The van der Waals surface area contributed by atoms with Gasteiger partial charge in [-0.2, -0.15) is 13.2 Å². The lowest BCUT2D eigenvalue weighted by Crippen LogP contribution is -2.20. The summed E-state index contributed by atoms with van der Waals surface area (Å²) in [6.07, 6.45) is -4.44. The van der Waals surface area contributed by atoms with Crippen LogP contribution in [0.3, 0.4) is 0 Å². The van der Waals surface area contributed by atoms with Gasteiger partial charge < -0.3 is 14.8 Å². The normalized spacial score (nSPS) is 11.1. The maximum Gasteiger partial charge on any atom is 0.422 e. The van der Waals surface area contributed by atoms with Crippen LogP contribution in [0.5, 0.6) is 11.5 Å². The zero-order valence-corrected chi connectivity index (χ0v) is 14.7. The van der Waals surface area contributed by atoms with Crippen molar-refractivity contribution in [1.29, 1.82) is 0 Å². The zero-order chi connectivity index (χ0) is 19.2. The van der Waals surface area contributed by atoms with E-state index in [0.717, 1.165) is 5.56 Å². The Morgan fingerprint density at radius 1 is 1.12 bits per heavy atom. The fourth-order valence-corrected chi connectivity index (χ4v) is 2.31.